The Morgan fingerprint density at radius 1 is 1.16 bits per heavy atom. The van der Waals surface area contributed by atoms with Crippen LogP contribution in [0.25, 0.3) is 10.9 Å². The fraction of sp³-hybridized carbons (Fsp3) is 0.391. The zero-order chi connectivity index (χ0) is 21.4. The summed E-state index contributed by atoms with van der Waals surface area (Å²) >= 11 is 0. The molecule has 1 atom stereocenters. The second-order valence-corrected chi connectivity index (χ2v) is 8.50. The maximum Gasteiger partial charge on any atom is 0.258 e. The van der Waals surface area contributed by atoms with Crippen LogP contribution in [0.3, 0.4) is 0 Å². The Hall–Kier alpha value is -3.26. The summed E-state index contributed by atoms with van der Waals surface area (Å²) < 4.78 is 7.27. The molecule has 4 heterocycles. The first kappa shape index (κ1) is 19.7. The third-order valence-corrected chi connectivity index (χ3v) is 6.41. The summed E-state index contributed by atoms with van der Waals surface area (Å²) in [7, 11) is 0. The Bertz CT molecular complexity index is 1250. The van der Waals surface area contributed by atoms with E-state index in [2.05, 4.69) is 40.4 Å². The van der Waals surface area contributed by atoms with Gasteiger partial charge in [-0.25, -0.2) is 4.68 Å². The SMILES string of the molecule is Cc1cc2cc([C@@H](c3nnnn3Cc3ccco3)[NH+]3CCCCC3)c(=O)[nH]c2cc1C. The molecule has 0 aliphatic carbocycles. The number of fused-ring (bicyclic) bond motifs is 1. The number of rotatable bonds is 5. The third kappa shape index (κ3) is 3.79. The largest absolute Gasteiger partial charge is 0.467 e. The number of furan rings is 1. The van der Waals surface area contributed by atoms with Crippen LogP contribution in [0.4, 0.5) is 0 Å². The quantitative estimate of drug-likeness (QED) is 0.516. The average molecular weight is 420 g/mol. The van der Waals surface area contributed by atoms with Gasteiger partial charge in [0.05, 0.1) is 24.9 Å². The van der Waals surface area contributed by atoms with Gasteiger partial charge in [0.15, 0.2) is 6.04 Å². The first-order valence-corrected chi connectivity index (χ1v) is 10.9. The van der Waals surface area contributed by atoms with Gasteiger partial charge < -0.3 is 14.3 Å². The zero-order valence-electron chi connectivity index (χ0n) is 17.9. The second-order valence-electron chi connectivity index (χ2n) is 8.50. The zero-order valence-corrected chi connectivity index (χ0v) is 17.9. The standard InChI is InChI=1S/C23H26N6O2/c1-15-11-17-13-19(23(30)24-20(17)12-16(15)2)21(28-8-4-3-5-9-28)22-25-26-27-29(22)14-18-7-6-10-31-18/h6-7,10-13,21H,3-5,8-9,14H2,1-2H3,(H,24,30)/p+1/t21-/m0/s1. The van der Waals surface area contributed by atoms with Gasteiger partial charge in [-0.2, -0.15) is 0 Å². The molecule has 1 saturated heterocycles. The van der Waals surface area contributed by atoms with E-state index in [1.54, 1.807) is 10.9 Å². The van der Waals surface area contributed by atoms with E-state index < -0.39 is 0 Å². The van der Waals surface area contributed by atoms with E-state index in [-0.39, 0.29) is 11.6 Å². The first-order valence-electron chi connectivity index (χ1n) is 10.9. The lowest BCUT2D eigenvalue weighted by Gasteiger charge is -2.30. The fourth-order valence-corrected chi connectivity index (χ4v) is 4.63. The summed E-state index contributed by atoms with van der Waals surface area (Å²) in [4.78, 5) is 17.7. The highest BCUT2D eigenvalue weighted by atomic mass is 16.3. The van der Waals surface area contributed by atoms with E-state index in [0.717, 1.165) is 48.2 Å². The molecule has 0 unspecified atom stereocenters. The van der Waals surface area contributed by atoms with Crippen LogP contribution in [0.1, 0.15) is 53.6 Å². The van der Waals surface area contributed by atoms with Crippen LogP contribution in [-0.4, -0.2) is 38.3 Å². The smallest absolute Gasteiger partial charge is 0.258 e. The van der Waals surface area contributed by atoms with Gasteiger partial charge in [-0.3, -0.25) is 4.79 Å². The molecule has 2 N–H and O–H groups in total. The van der Waals surface area contributed by atoms with Crippen molar-refractivity contribution >= 4 is 10.9 Å². The summed E-state index contributed by atoms with van der Waals surface area (Å²) in [5.41, 5.74) is 3.86. The third-order valence-electron chi connectivity index (χ3n) is 6.41. The lowest BCUT2D eigenvalue weighted by Crippen LogP contribution is -3.13. The maximum absolute atomic E-state index is 13.3. The Balaban J connectivity index is 1.64. The molecule has 8 heteroatoms. The number of nitrogens with zero attached hydrogens (tertiary/aromatic N) is 4. The normalized spacial score (nSPS) is 16.1. The number of aromatic amines is 1. The van der Waals surface area contributed by atoms with Crippen LogP contribution in [0.15, 0.2) is 45.8 Å². The summed E-state index contributed by atoms with van der Waals surface area (Å²) in [6.45, 7) is 6.57. The molecular formula is C23H27N6O2+. The van der Waals surface area contributed by atoms with Crippen LogP contribution in [0, 0.1) is 13.8 Å². The summed E-state index contributed by atoms with van der Waals surface area (Å²) in [5, 5.41) is 13.6. The number of hydrogen-bond donors (Lipinski definition) is 2. The van der Waals surface area contributed by atoms with Crippen molar-refractivity contribution in [2.75, 3.05) is 13.1 Å². The summed E-state index contributed by atoms with van der Waals surface area (Å²) in [6.07, 6.45) is 5.13. The fourth-order valence-electron chi connectivity index (χ4n) is 4.63. The van der Waals surface area contributed by atoms with E-state index in [0.29, 0.717) is 17.9 Å². The van der Waals surface area contributed by atoms with Crippen LogP contribution in [0.5, 0.6) is 0 Å². The van der Waals surface area contributed by atoms with E-state index in [4.69, 9.17) is 4.42 Å². The number of benzene rings is 1. The van der Waals surface area contributed by atoms with Crippen molar-refractivity contribution < 1.29 is 9.32 Å². The van der Waals surface area contributed by atoms with Gasteiger partial charge in [-0.15, -0.1) is 5.10 Å². The van der Waals surface area contributed by atoms with E-state index in [1.807, 2.05) is 24.3 Å². The average Bonchev–Trinajstić information content (AvgIpc) is 3.44. The second kappa shape index (κ2) is 8.11. The Labute approximate surface area is 179 Å². The van der Waals surface area contributed by atoms with Gasteiger partial charge in [-0.1, -0.05) is 0 Å². The molecule has 0 saturated carbocycles. The minimum absolute atomic E-state index is 0.0774. The molecule has 5 rings (SSSR count). The molecular weight excluding hydrogens is 392 g/mol. The van der Waals surface area contributed by atoms with Crippen LogP contribution >= 0.6 is 0 Å². The van der Waals surface area contributed by atoms with Crippen LogP contribution < -0.4 is 10.5 Å². The number of piperidine rings is 1. The number of H-pyrrole nitrogens is 1. The van der Waals surface area contributed by atoms with Crippen molar-refractivity contribution in [3.63, 3.8) is 0 Å². The summed E-state index contributed by atoms with van der Waals surface area (Å²) in [5.74, 6) is 1.47. The van der Waals surface area contributed by atoms with Gasteiger partial charge in [0.2, 0.25) is 5.82 Å². The predicted octanol–water partition coefficient (Wildman–Crippen LogP) is 1.93. The number of aromatic nitrogens is 5. The molecule has 8 nitrogen and oxygen atoms in total. The molecule has 1 aromatic carbocycles. The minimum atomic E-state index is -0.236. The molecule has 0 bridgehead atoms. The Morgan fingerprint density at radius 2 is 1.97 bits per heavy atom. The van der Waals surface area contributed by atoms with Gasteiger partial charge >= 0.3 is 0 Å². The monoisotopic (exact) mass is 419 g/mol. The molecule has 160 valence electrons. The lowest BCUT2D eigenvalue weighted by atomic mass is 9.99. The predicted molar refractivity (Wildman–Crippen MR) is 116 cm³/mol. The van der Waals surface area contributed by atoms with Crippen LogP contribution in [0.2, 0.25) is 0 Å². The number of pyridine rings is 1. The Kier molecular flexibility index (Phi) is 5.15. The van der Waals surface area contributed by atoms with Crippen molar-refractivity contribution in [1.29, 1.82) is 0 Å². The first-order chi connectivity index (χ1) is 15.1. The molecule has 0 amide bonds. The number of hydrogen-bond acceptors (Lipinski definition) is 5. The number of tetrazole rings is 1. The minimum Gasteiger partial charge on any atom is -0.467 e. The molecule has 1 aliphatic heterocycles. The van der Waals surface area contributed by atoms with Crippen molar-refractivity contribution in [2.24, 2.45) is 0 Å². The molecule has 0 spiro atoms. The Morgan fingerprint density at radius 3 is 2.74 bits per heavy atom. The van der Waals surface area contributed by atoms with Crippen molar-refractivity contribution in [1.82, 2.24) is 25.2 Å². The topological polar surface area (TPSA) is 94.0 Å². The number of nitrogens with one attached hydrogen (secondary N) is 2. The van der Waals surface area contributed by atoms with Crippen molar-refractivity contribution in [3.05, 3.63) is 75.2 Å². The highest BCUT2D eigenvalue weighted by Crippen LogP contribution is 2.22. The lowest BCUT2D eigenvalue weighted by molar-refractivity contribution is -0.931. The molecule has 1 fully saturated rings. The van der Waals surface area contributed by atoms with Crippen molar-refractivity contribution in [3.8, 4) is 0 Å². The van der Waals surface area contributed by atoms with Gasteiger partial charge in [0, 0.05) is 5.52 Å². The number of likely N-dealkylation sites (tertiary alicyclic amines) is 1. The van der Waals surface area contributed by atoms with Crippen molar-refractivity contribution in [2.45, 2.75) is 45.7 Å². The van der Waals surface area contributed by atoms with Gasteiger partial charge in [-0.05, 0) is 90.4 Å². The molecule has 3 aromatic heterocycles. The molecule has 31 heavy (non-hydrogen) atoms. The number of aryl methyl sites for hydroxylation is 2. The number of quaternary nitrogens is 1. The highest BCUT2D eigenvalue weighted by molar-refractivity contribution is 5.80. The molecule has 0 radical (unpaired) electrons. The molecule has 4 aromatic rings. The van der Waals surface area contributed by atoms with E-state index >= 15 is 0 Å². The highest BCUT2D eigenvalue weighted by Gasteiger charge is 2.35. The van der Waals surface area contributed by atoms with Gasteiger partial charge in [0.25, 0.3) is 5.56 Å². The van der Waals surface area contributed by atoms with Crippen LogP contribution in [-0.2, 0) is 6.54 Å². The molecule has 1 aliphatic rings. The van der Waals surface area contributed by atoms with E-state index in [9.17, 15) is 4.79 Å². The van der Waals surface area contributed by atoms with Gasteiger partial charge in [0.1, 0.15) is 12.3 Å². The summed E-state index contributed by atoms with van der Waals surface area (Å²) in [6, 6.07) is 9.73. The maximum atomic E-state index is 13.3. The van der Waals surface area contributed by atoms with E-state index in [1.165, 1.54) is 16.9 Å².